The number of nitrogens with zero attached hydrogens (tertiary/aromatic N) is 2. The summed E-state index contributed by atoms with van der Waals surface area (Å²) in [6.45, 7) is 1.97. The van der Waals surface area contributed by atoms with Crippen LogP contribution in [0.2, 0.25) is 0 Å². The number of carbonyl (C=O) groups is 1. The van der Waals surface area contributed by atoms with Gasteiger partial charge in [-0.25, -0.2) is 0 Å². The molecule has 2 aromatic rings. The van der Waals surface area contributed by atoms with Crippen LogP contribution in [-0.4, -0.2) is 15.5 Å². The van der Waals surface area contributed by atoms with Crippen molar-refractivity contribution in [1.29, 1.82) is 0 Å². The lowest BCUT2D eigenvalue weighted by Gasteiger charge is -2.03. The Morgan fingerprint density at radius 2 is 2.31 bits per heavy atom. The molecule has 4 nitrogen and oxygen atoms in total. The van der Waals surface area contributed by atoms with Crippen molar-refractivity contribution >= 4 is 38.4 Å². The van der Waals surface area contributed by atoms with Crippen LogP contribution in [0.5, 0.6) is 0 Å². The summed E-state index contributed by atoms with van der Waals surface area (Å²) in [5.41, 5.74) is 1.70. The van der Waals surface area contributed by atoms with Crippen molar-refractivity contribution in [3.8, 4) is 0 Å². The second-order valence-electron chi connectivity index (χ2n) is 3.20. The van der Waals surface area contributed by atoms with Crippen LogP contribution in [0.4, 0.5) is 5.00 Å². The molecule has 0 unspecified atom stereocenters. The third-order valence-electron chi connectivity index (χ3n) is 2.03. The SMILES string of the molecule is Cc1ccc(C(=O)Nc2cnns2)cc1Br. The number of amides is 1. The predicted molar refractivity (Wildman–Crippen MR) is 66.7 cm³/mol. The van der Waals surface area contributed by atoms with Crippen LogP contribution in [0.1, 0.15) is 15.9 Å². The maximum Gasteiger partial charge on any atom is 0.256 e. The highest BCUT2D eigenvalue weighted by molar-refractivity contribution is 9.10. The third kappa shape index (κ3) is 2.45. The minimum absolute atomic E-state index is 0.160. The van der Waals surface area contributed by atoms with Gasteiger partial charge in [-0.3, -0.25) is 4.79 Å². The molecular weight excluding hydrogens is 290 g/mol. The van der Waals surface area contributed by atoms with Gasteiger partial charge < -0.3 is 5.32 Å². The molecule has 0 aliphatic rings. The van der Waals surface area contributed by atoms with Crippen molar-refractivity contribution in [3.63, 3.8) is 0 Å². The number of hydrogen-bond acceptors (Lipinski definition) is 4. The van der Waals surface area contributed by atoms with Crippen LogP contribution in [-0.2, 0) is 0 Å². The van der Waals surface area contributed by atoms with Crippen LogP contribution in [0.15, 0.2) is 28.9 Å². The molecule has 0 spiro atoms. The van der Waals surface area contributed by atoms with E-state index in [1.165, 1.54) is 6.20 Å². The summed E-state index contributed by atoms with van der Waals surface area (Å²) in [4.78, 5) is 11.8. The highest BCUT2D eigenvalue weighted by atomic mass is 79.9. The fraction of sp³-hybridized carbons (Fsp3) is 0.100. The molecule has 0 saturated heterocycles. The number of carbonyl (C=O) groups excluding carboxylic acids is 1. The van der Waals surface area contributed by atoms with Crippen molar-refractivity contribution in [2.45, 2.75) is 6.92 Å². The van der Waals surface area contributed by atoms with Crippen LogP contribution < -0.4 is 5.32 Å². The van der Waals surface area contributed by atoms with Gasteiger partial charge in [0.05, 0.1) is 6.20 Å². The van der Waals surface area contributed by atoms with E-state index >= 15 is 0 Å². The standard InChI is InChI=1S/C10H8BrN3OS/c1-6-2-3-7(4-8(6)11)10(15)13-9-5-12-14-16-9/h2-5H,1H3,(H,13,15). The number of aryl methyl sites for hydroxylation is 1. The minimum atomic E-state index is -0.160. The molecule has 1 aromatic carbocycles. The molecule has 0 bridgehead atoms. The van der Waals surface area contributed by atoms with E-state index in [0.29, 0.717) is 10.6 Å². The molecule has 1 heterocycles. The first-order valence-corrected chi connectivity index (χ1v) is 6.08. The number of nitrogens with one attached hydrogen (secondary N) is 1. The van der Waals surface area contributed by atoms with Crippen molar-refractivity contribution in [2.75, 3.05) is 5.32 Å². The molecule has 0 saturated carbocycles. The van der Waals surface area contributed by atoms with Gasteiger partial charge in [0.2, 0.25) is 0 Å². The second kappa shape index (κ2) is 4.71. The van der Waals surface area contributed by atoms with Crippen molar-refractivity contribution in [1.82, 2.24) is 9.59 Å². The van der Waals surface area contributed by atoms with Crippen LogP contribution >= 0.6 is 27.5 Å². The summed E-state index contributed by atoms with van der Waals surface area (Å²) in [6.07, 6.45) is 1.52. The van der Waals surface area contributed by atoms with E-state index in [-0.39, 0.29) is 5.91 Å². The van der Waals surface area contributed by atoms with Crippen LogP contribution in [0.25, 0.3) is 0 Å². The van der Waals surface area contributed by atoms with E-state index < -0.39 is 0 Å². The van der Waals surface area contributed by atoms with Gasteiger partial charge in [0.1, 0.15) is 5.00 Å². The van der Waals surface area contributed by atoms with E-state index in [9.17, 15) is 4.79 Å². The molecule has 6 heteroatoms. The Morgan fingerprint density at radius 3 is 2.94 bits per heavy atom. The van der Waals surface area contributed by atoms with Crippen LogP contribution in [0, 0.1) is 6.92 Å². The van der Waals surface area contributed by atoms with Crippen molar-refractivity contribution in [3.05, 3.63) is 40.0 Å². The first-order valence-electron chi connectivity index (χ1n) is 4.51. The van der Waals surface area contributed by atoms with Gasteiger partial charge in [0.15, 0.2) is 0 Å². The molecule has 0 atom stereocenters. The van der Waals surface area contributed by atoms with Gasteiger partial charge >= 0.3 is 0 Å². The lowest BCUT2D eigenvalue weighted by Crippen LogP contribution is -2.10. The molecule has 82 valence electrons. The zero-order chi connectivity index (χ0) is 11.5. The number of halogens is 1. The fourth-order valence-corrected chi connectivity index (χ4v) is 1.93. The Bertz CT molecular complexity index is 513. The fourth-order valence-electron chi connectivity index (χ4n) is 1.14. The molecule has 0 radical (unpaired) electrons. The lowest BCUT2D eigenvalue weighted by molar-refractivity contribution is 0.102. The predicted octanol–water partition coefficient (Wildman–Crippen LogP) is 2.86. The van der Waals surface area contributed by atoms with Gasteiger partial charge in [0.25, 0.3) is 5.91 Å². The first-order chi connectivity index (χ1) is 7.66. The number of rotatable bonds is 2. The second-order valence-corrected chi connectivity index (χ2v) is 4.84. The quantitative estimate of drug-likeness (QED) is 0.927. The lowest BCUT2D eigenvalue weighted by atomic mass is 10.1. The van der Waals surface area contributed by atoms with Crippen LogP contribution in [0.3, 0.4) is 0 Å². The average Bonchev–Trinajstić information content (AvgIpc) is 2.74. The number of anilines is 1. The number of aromatic nitrogens is 2. The van der Waals surface area contributed by atoms with E-state index in [1.807, 2.05) is 13.0 Å². The highest BCUT2D eigenvalue weighted by Crippen LogP contribution is 2.19. The topological polar surface area (TPSA) is 54.9 Å². The van der Waals surface area contributed by atoms with E-state index in [4.69, 9.17) is 0 Å². The molecule has 16 heavy (non-hydrogen) atoms. The normalized spacial score (nSPS) is 10.1. The summed E-state index contributed by atoms with van der Waals surface area (Å²) < 4.78 is 4.59. The summed E-state index contributed by atoms with van der Waals surface area (Å²) in [7, 11) is 0. The maximum absolute atomic E-state index is 11.8. The maximum atomic E-state index is 11.8. The highest BCUT2D eigenvalue weighted by Gasteiger charge is 2.08. The molecule has 2 rings (SSSR count). The van der Waals surface area contributed by atoms with Gasteiger partial charge in [-0.05, 0) is 24.6 Å². The van der Waals surface area contributed by atoms with Crippen molar-refractivity contribution < 1.29 is 4.79 Å². The Morgan fingerprint density at radius 1 is 1.50 bits per heavy atom. The number of hydrogen-bond donors (Lipinski definition) is 1. The van der Waals surface area contributed by atoms with Gasteiger partial charge in [-0.15, -0.1) is 5.10 Å². The smallest absolute Gasteiger partial charge is 0.256 e. The van der Waals surface area contributed by atoms with E-state index in [0.717, 1.165) is 21.6 Å². The molecule has 1 aromatic heterocycles. The zero-order valence-corrected chi connectivity index (χ0v) is 10.8. The van der Waals surface area contributed by atoms with E-state index in [1.54, 1.807) is 12.1 Å². The monoisotopic (exact) mass is 297 g/mol. The Labute approximate surface area is 105 Å². The molecular formula is C10H8BrN3OS. The summed E-state index contributed by atoms with van der Waals surface area (Å²) in [5, 5.41) is 7.00. The molecule has 0 aliphatic heterocycles. The van der Waals surface area contributed by atoms with Crippen molar-refractivity contribution in [2.24, 2.45) is 0 Å². The number of benzene rings is 1. The molecule has 1 N–H and O–H groups in total. The van der Waals surface area contributed by atoms with Gasteiger partial charge in [0, 0.05) is 21.6 Å². The summed E-state index contributed by atoms with van der Waals surface area (Å²) in [6, 6.07) is 5.47. The first kappa shape index (κ1) is 11.2. The Kier molecular flexibility index (Phi) is 3.31. The summed E-state index contributed by atoms with van der Waals surface area (Å²) in [5.74, 6) is -0.160. The molecule has 0 fully saturated rings. The third-order valence-corrected chi connectivity index (χ3v) is 3.47. The molecule has 1 amide bonds. The largest absolute Gasteiger partial charge is 0.311 e. The summed E-state index contributed by atoms with van der Waals surface area (Å²) >= 11 is 4.54. The molecule has 0 aliphatic carbocycles. The minimum Gasteiger partial charge on any atom is -0.311 e. The Balaban J connectivity index is 2.18. The van der Waals surface area contributed by atoms with Gasteiger partial charge in [-0.2, -0.15) is 0 Å². The Hall–Kier alpha value is -1.27. The van der Waals surface area contributed by atoms with E-state index in [2.05, 4.69) is 30.8 Å². The zero-order valence-electron chi connectivity index (χ0n) is 8.40. The average molecular weight is 298 g/mol. The van der Waals surface area contributed by atoms with Gasteiger partial charge in [-0.1, -0.05) is 26.5 Å².